The van der Waals surface area contributed by atoms with E-state index in [1.54, 1.807) is 12.3 Å². The van der Waals surface area contributed by atoms with Gasteiger partial charge in [0.15, 0.2) is 6.20 Å². The van der Waals surface area contributed by atoms with Crippen LogP contribution >= 0.6 is 0 Å². The molecule has 0 amide bonds. The van der Waals surface area contributed by atoms with Crippen LogP contribution in [0.25, 0.3) is 0 Å². The first-order valence-corrected chi connectivity index (χ1v) is 5.30. The molecule has 0 aromatic carbocycles. The van der Waals surface area contributed by atoms with Gasteiger partial charge in [-0.1, -0.05) is 5.16 Å². The van der Waals surface area contributed by atoms with E-state index in [2.05, 4.69) is 10.1 Å². The Hall–Kier alpha value is -1.47. The van der Waals surface area contributed by atoms with E-state index in [9.17, 15) is 0 Å². The summed E-state index contributed by atoms with van der Waals surface area (Å²) in [7, 11) is -3.92. The number of rotatable bonds is 1. The SMILES string of the molecule is CS(=O)(=O)[O-].O/N=[14CH]\c1cccc[nH+]1. The number of hydrogen-bond donors (Lipinski definition) is 1. The summed E-state index contributed by atoms with van der Waals surface area (Å²) in [6.45, 7) is 0. The third-order valence-electron chi connectivity index (χ3n) is 0.930. The number of oxime groups is 1. The van der Waals surface area contributed by atoms with Crippen LogP contribution in [0.4, 0.5) is 0 Å². The van der Waals surface area contributed by atoms with Crippen molar-refractivity contribution in [2.45, 2.75) is 0 Å². The number of H-pyrrole nitrogens is 1. The van der Waals surface area contributed by atoms with E-state index in [0.29, 0.717) is 6.26 Å². The van der Waals surface area contributed by atoms with Gasteiger partial charge in [-0.2, -0.15) is 0 Å². The van der Waals surface area contributed by atoms with Gasteiger partial charge in [0.25, 0.3) is 0 Å². The highest BCUT2D eigenvalue weighted by Crippen LogP contribution is 1.81. The Bertz CT molecular complexity index is 366. The monoisotopic (exact) mass is 220 g/mol. The van der Waals surface area contributed by atoms with Crippen molar-refractivity contribution in [2.75, 3.05) is 6.26 Å². The average molecular weight is 220 g/mol. The fourth-order valence-electron chi connectivity index (χ4n) is 0.550. The Morgan fingerprint density at radius 1 is 1.57 bits per heavy atom. The van der Waals surface area contributed by atoms with Crippen LogP contribution in [0.1, 0.15) is 5.69 Å². The second kappa shape index (κ2) is 6.06. The molecule has 0 radical (unpaired) electrons. The predicted octanol–water partition coefficient (Wildman–Crippen LogP) is -0.530. The Morgan fingerprint density at radius 2 is 2.14 bits per heavy atom. The summed E-state index contributed by atoms with van der Waals surface area (Å²) in [5.41, 5.74) is 0.778. The van der Waals surface area contributed by atoms with Crippen molar-refractivity contribution >= 4 is 16.3 Å². The van der Waals surface area contributed by atoms with Gasteiger partial charge in [-0.05, 0) is 6.07 Å². The zero-order valence-electron chi connectivity index (χ0n) is 7.41. The Labute approximate surface area is 81.7 Å². The first kappa shape index (κ1) is 12.5. The Balaban J connectivity index is 0.000000292. The zero-order chi connectivity index (χ0) is 11.0. The maximum atomic E-state index is 9.08. The van der Waals surface area contributed by atoms with Gasteiger partial charge in [0, 0.05) is 18.4 Å². The van der Waals surface area contributed by atoms with Crippen molar-refractivity contribution in [3.05, 3.63) is 30.1 Å². The minimum atomic E-state index is -3.92. The summed E-state index contributed by atoms with van der Waals surface area (Å²) in [6.07, 6.45) is 3.70. The van der Waals surface area contributed by atoms with Crippen LogP contribution in [0.3, 0.4) is 0 Å². The standard InChI is InChI=1S/C6H6N2O.CH4O3S/c9-8-5-6-3-1-2-4-7-6;1-5(2,3)4/h1-5,9H;1H3,(H,2,3,4)/b8-5-;/i5+2;. The van der Waals surface area contributed by atoms with Crippen molar-refractivity contribution in [2.24, 2.45) is 5.16 Å². The van der Waals surface area contributed by atoms with Crippen molar-refractivity contribution in [1.82, 2.24) is 0 Å². The van der Waals surface area contributed by atoms with Crippen LogP contribution in [0, 0.1) is 0 Å². The van der Waals surface area contributed by atoms with Crippen LogP contribution in [0.2, 0.25) is 0 Å². The van der Waals surface area contributed by atoms with E-state index >= 15 is 0 Å². The number of nitrogens with one attached hydrogen (secondary N) is 1. The molecule has 0 aliphatic rings. The number of nitrogens with zero attached hydrogens (tertiary/aromatic N) is 1. The lowest BCUT2D eigenvalue weighted by Gasteiger charge is -1.90. The molecule has 1 rings (SSSR count). The largest absolute Gasteiger partial charge is 0.748 e. The van der Waals surface area contributed by atoms with Gasteiger partial charge >= 0.3 is 0 Å². The minimum Gasteiger partial charge on any atom is -0.748 e. The molecular weight excluding hydrogens is 210 g/mol. The molecule has 7 heteroatoms. The first-order valence-electron chi connectivity index (χ1n) is 3.48. The van der Waals surface area contributed by atoms with Gasteiger partial charge in [0.05, 0.1) is 10.1 Å². The molecule has 0 bridgehead atoms. The molecular formula is C7H10N2O4S. The molecule has 0 aliphatic carbocycles. The first-order chi connectivity index (χ1) is 6.43. The lowest BCUT2D eigenvalue weighted by Crippen LogP contribution is -2.07. The molecule has 1 heterocycles. The summed E-state index contributed by atoms with van der Waals surface area (Å²) in [6, 6.07) is 5.52. The van der Waals surface area contributed by atoms with E-state index in [1.807, 2.05) is 12.1 Å². The average Bonchev–Trinajstić information content (AvgIpc) is 2.03. The van der Waals surface area contributed by atoms with Gasteiger partial charge < -0.3 is 9.76 Å². The summed E-state index contributed by atoms with van der Waals surface area (Å²) >= 11 is 0. The normalized spacial score (nSPS) is 10.7. The predicted molar refractivity (Wildman–Crippen MR) is 48.0 cm³/mol. The molecule has 0 atom stereocenters. The van der Waals surface area contributed by atoms with Gasteiger partial charge in [-0.3, -0.25) is 0 Å². The van der Waals surface area contributed by atoms with Crippen molar-refractivity contribution in [3.8, 4) is 0 Å². The van der Waals surface area contributed by atoms with Crippen LogP contribution in [0.5, 0.6) is 0 Å². The molecule has 6 nitrogen and oxygen atoms in total. The fourth-order valence-corrected chi connectivity index (χ4v) is 0.550. The highest BCUT2D eigenvalue weighted by atomic mass is 32.2. The molecule has 0 saturated carbocycles. The van der Waals surface area contributed by atoms with E-state index in [1.165, 1.54) is 6.21 Å². The Kier molecular flexibility index (Phi) is 5.42. The second-order valence-corrected chi connectivity index (χ2v) is 3.67. The number of pyridine rings is 1. The number of hydrogen-bond acceptors (Lipinski definition) is 5. The van der Waals surface area contributed by atoms with Gasteiger partial charge in [-0.25, -0.2) is 13.4 Å². The van der Waals surface area contributed by atoms with Gasteiger partial charge in [0.1, 0.15) is 6.21 Å². The van der Waals surface area contributed by atoms with E-state index < -0.39 is 10.1 Å². The molecule has 0 unspecified atom stereocenters. The van der Waals surface area contributed by atoms with Crippen LogP contribution < -0.4 is 4.98 Å². The number of aromatic nitrogens is 1. The smallest absolute Gasteiger partial charge is 0.225 e. The molecule has 0 spiro atoms. The zero-order valence-corrected chi connectivity index (χ0v) is 8.23. The summed E-state index contributed by atoms with van der Waals surface area (Å²) < 4.78 is 27.2. The molecule has 1 aromatic rings. The fraction of sp³-hybridized carbons (Fsp3) is 0.143. The summed E-state index contributed by atoms with van der Waals surface area (Å²) in [4.78, 5) is 2.86. The quantitative estimate of drug-likeness (QED) is 0.297. The van der Waals surface area contributed by atoms with Crippen LogP contribution in [-0.2, 0) is 10.1 Å². The molecule has 78 valence electrons. The highest BCUT2D eigenvalue weighted by Gasteiger charge is 1.89. The van der Waals surface area contributed by atoms with E-state index in [-0.39, 0.29) is 0 Å². The molecule has 2 N–H and O–H groups in total. The third-order valence-corrected chi connectivity index (χ3v) is 0.930. The van der Waals surface area contributed by atoms with Crippen LogP contribution in [-0.4, -0.2) is 30.6 Å². The molecule has 0 aliphatic heterocycles. The second-order valence-electron chi connectivity index (χ2n) is 2.27. The van der Waals surface area contributed by atoms with E-state index in [4.69, 9.17) is 18.2 Å². The van der Waals surface area contributed by atoms with Crippen molar-refractivity contribution < 1.29 is 23.2 Å². The summed E-state index contributed by atoms with van der Waals surface area (Å²) in [5, 5.41) is 10.9. The summed E-state index contributed by atoms with van der Waals surface area (Å²) in [5.74, 6) is 0. The van der Waals surface area contributed by atoms with Crippen molar-refractivity contribution in [1.29, 1.82) is 0 Å². The third kappa shape index (κ3) is 10.5. The molecule has 14 heavy (non-hydrogen) atoms. The van der Waals surface area contributed by atoms with E-state index in [0.717, 1.165) is 5.69 Å². The molecule has 0 fully saturated rings. The minimum absolute atomic E-state index is 0.604. The molecule has 0 saturated heterocycles. The Morgan fingerprint density at radius 3 is 2.50 bits per heavy atom. The van der Waals surface area contributed by atoms with Crippen molar-refractivity contribution in [3.63, 3.8) is 0 Å². The molecule has 1 aromatic heterocycles. The topological polar surface area (TPSA) is 104 Å². The van der Waals surface area contributed by atoms with Crippen LogP contribution in [0.15, 0.2) is 29.6 Å². The maximum Gasteiger partial charge on any atom is 0.225 e. The van der Waals surface area contributed by atoms with Gasteiger partial charge in [-0.15, -0.1) is 0 Å². The highest BCUT2D eigenvalue weighted by molar-refractivity contribution is 7.84. The lowest BCUT2D eigenvalue weighted by atomic mass is 10.5. The van der Waals surface area contributed by atoms with Gasteiger partial charge in [0.2, 0.25) is 5.69 Å². The lowest BCUT2D eigenvalue weighted by molar-refractivity contribution is -0.379. The maximum absolute atomic E-state index is 9.08. The number of aromatic amines is 1.